The number of hydrogen-bond donors (Lipinski definition) is 2. The van der Waals surface area contributed by atoms with E-state index < -0.39 is 12.1 Å². The molecule has 150 valence electrons. The van der Waals surface area contributed by atoms with Crippen LogP contribution in [0.25, 0.3) is 0 Å². The van der Waals surface area contributed by atoms with Gasteiger partial charge in [0, 0.05) is 10.7 Å². The van der Waals surface area contributed by atoms with Crippen LogP contribution in [0.5, 0.6) is 11.5 Å². The molecule has 0 saturated carbocycles. The van der Waals surface area contributed by atoms with Gasteiger partial charge in [-0.1, -0.05) is 17.7 Å². The van der Waals surface area contributed by atoms with E-state index in [1.807, 2.05) is 26.0 Å². The second-order valence-electron chi connectivity index (χ2n) is 6.61. The zero-order valence-electron chi connectivity index (χ0n) is 16.1. The molecule has 1 aliphatic heterocycles. The Bertz CT molecular complexity index is 999. The van der Waals surface area contributed by atoms with Crippen LogP contribution in [0.15, 0.2) is 53.1 Å². The van der Waals surface area contributed by atoms with Crippen molar-refractivity contribution in [1.82, 2.24) is 5.32 Å². The molecule has 1 heterocycles. The monoisotopic (exact) mass is 429 g/mol. The number of amides is 1. The summed E-state index contributed by atoms with van der Waals surface area (Å²) in [5.41, 5.74) is 1.40. The number of hydrogen-bond acceptors (Lipinski definition) is 6. The van der Waals surface area contributed by atoms with Crippen molar-refractivity contribution in [3.05, 3.63) is 63.7 Å². The Morgan fingerprint density at radius 1 is 1.21 bits per heavy atom. The molecule has 0 fully saturated rings. The van der Waals surface area contributed by atoms with Gasteiger partial charge in [0.1, 0.15) is 17.8 Å². The van der Waals surface area contributed by atoms with Crippen LogP contribution in [0.2, 0.25) is 5.02 Å². The van der Waals surface area contributed by atoms with E-state index in [1.54, 1.807) is 48.4 Å². The van der Waals surface area contributed by atoms with Gasteiger partial charge in [0.15, 0.2) is 11.5 Å². The van der Waals surface area contributed by atoms with Gasteiger partial charge in [-0.15, -0.1) is 12.6 Å². The first kappa shape index (κ1) is 20.9. The lowest BCUT2D eigenvalue weighted by Crippen LogP contribution is -2.46. The Hall–Kier alpha value is -2.82. The minimum atomic E-state index is -0.602. The van der Waals surface area contributed by atoms with Crippen molar-refractivity contribution in [2.24, 2.45) is 0 Å². The molecule has 8 heteroatoms. The van der Waals surface area contributed by atoms with Crippen LogP contribution >= 0.6 is 24.2 Å². The number of rotatable bonds is 5. The first-order valence-electron chi connectivity index (χ1n) is 8.89. The van der Waals surface area contributed by atoms with Crippen molar-refractivity contribution in [3.8, 4) is 17.6 Å². The highest BCUT2D eigenvalue weighted by molar-refractivity contribution is 7.84. The lowest BCUT2D eigenvalue weighted by molar-refractivity contribution is -0.118. The topological polar surface area (TPSA) is 74.6 Å². The molecule has 1 N–H and O–H groups in total. The maximum Gasteiger partial charge on any atom is 0.266 e. The zero-order valence-corrected chi connectivity index (χ0v) is 17.8. The van der Waals surface area contributed by atoms with Crippen LogP contribution in [0.3, 0.4) is 0 Å². The number of nitrogens with zero attached hydrogens (tertiary/aromatic N) is 2. The third kappa shape index (κ3) is 4.29. The first-order chi connectivity index (χ1) is 13.8. The number of nitriles is 1. The molecule has 0 aromatic heterocycles. The van der Waals surface area contributed by atoms with Gasteiger partial charge in [0.25, 0.3) is 5.91 Å². The Labute approximate surface area is 180 Å². The van der Waals surface area contributed by atoms with Crippen molar-refractivity contribution >= 4 is 35.8 Å². The minimum Gasteiger partial charge on any atom is -0.493 e. The van der Waals surface area contributed by atoms with E-state index in [4.69, 9.17) is 21.1 Å². The third-order valence-electron chi connectivity index (χ3n) is 4.29. The quantitative estimate of drug-likeness (QED) is 0.687. The largest absolute Gasteiger partial charge is 0.493 e. The second-order valence-corrected chi connectivity index (χ2v) is 7.47. The fourth-order valence-electron chi connectivity index (χ4n) is 3.02. The Balaban J connectivity index is 2.11. The van der Waals surface area contributed by atoms with Crippen LogP contribution in [0, 0.1) is 11.3 Å². The highest BCUT2D eigenvalue weighted by Gasteiger charge is 2.34. The van der Waals surface area contributed by atoms with E-state index >= 15 is 0 Å². The van der Waals surface area contributed by atoms with Crippen LogP contribution in [-0.4, -0.2) is 19.1 Å². The summed E-state index contributed by atoms with van der Waals surface area (Å²) in [4.78, 5) is 14.2. The molecular weight excluding hydrogens is 410 g/mol. The first-order valence-corrected chi connectivity index (χ1v) is 9.71. The fraction of sp³-hybridized carbons (Fsp3) is 0.238. The van der Waals surface area contributed by atoms with Crippen molar-refractivity contribution < 1.29 is 14.3 Å². The minimum absolute atomic E-state index is 0.0140. The van der Waals surface area contributed by atoms with Gasteiger partial charge in [0.2, 0.25) is 0 Å². The maximum absolute atomic E-state index is 12.5. The number of ether oxygens (including phenoxy) is 2. The standard InChI is InChI=1S/C21H20ClN3O3S/c1-12(2)28-17-9-4-13(10-18(17)27-3)19-24-20(26)16(11-23)21(29)25(19)15-7-5-14(22)6-8-15/h4-10,12,19,29H,1-3H3,(H,24,26)/t19-/m0/s1. The number of anilines is 1. The summed E-state index contributed by atoms with van der Waals surface area (Å²) >= 11 is 10.5. The fourth-order valence-corrected chi connectivity index (χ4v) is 3.53. The van der Waals surface area contributed by atoms with Gasteiger partial charge < -0.3 is 19.7 Å². The van der Waals surface area contributed by atoms with Crippen molar-refractivity contribution in [2.45, 2.75) is 26.1 Å². The summed E-state index contributed by atoms with van der Waals surface area (Å²) in [6.07, 6.45) is -0.616. The molecule has 1 atom stereocenters. The molecule has 2 aromatic carbocycles. The molecule has 0 saturated heterocycles. The number of nitrogens with one attached hydrogen (secondary N) is 1. The van der Waals surface area contributed by atoms with Crippen LogP contribution in [0.4, 0.5) is 5.69 Å². The van der Waals surface area contributed by atoms with E-state index in [0.29, 0.717) is 16.5 Å². The third-order valence-corrected chi connectivity index (χ3v) is 4.98. The second kappa shape index (κ2) is 8.68. The number of carbonyl (C=O) groups excluding carboxylic acids is 1. The molecule has 3 rings (SSSR count). The summed E-state index contributed by atoms with van der Waals surface area (Å²) < 4.78 is 11.2. The molecular formula is C21H20ClN3O3S. The molecule has 0 radical (unpaired) electrons. The van der Waals surface area contributed by atoms with Gasteiger partial charge in [-0.25, -0.2) is 0 Å². The van der Waals surface area contributed by atoms with Crippen LogP contribution < -0.4 is 19.7 Å². The van der Waals surface area contributed by atoms with Gasteiger partial charge in [-0.05, 0) is 55.8 Å². The normalized spacial score (nSPS) is 16.5. The smallest absolute Gasteiger partial charge is 0.266 e. The Morgan fingerprint density at radius 3 is 2.48 bits per heavy atom. The van der Waals surface area contributed by atoms with Crippen LogP contribution in [-0.2, 0) is 4.79 Å². The van der Waals surface area contributed by atoms with Crippen molar-refractivity contribution in [2.75, 3.05) is 12.0 Å². The lowest BCUT2D eigenvalue weighted by atomic mass is 10.1. The SMILES string of the molecule is COc1cc([C@H]2NC(=O)C(C#N)=C(S)N2c2ccc(Cl)cc2)ccc1OC(C)C. The van der Waals surface area contributed by atoms with E-state index in [2.05, 4.69) is 17.9 Å². The summed E-state index contributed by atoms with van der Waals surface area (Å²) in [6.45, 7) is 3.86. The summed E-state index contributed by atoms with van der Waals surface area (Å²) in [6, 6.07) is 14.4. The van der Waals surface area contributed by atoms with Crippen molar-refractivity contribution in [1.29, 1.82) is 5.26 Å². The molecule has 6 nitrogen and oxygen atoms in total. The van der Waals surface area contributed by atoms with E-state index in [0.717, 1.165) is 11.3 Å². The van der Waals surface area contributed by atoms with Gasteiger partial charge in [-0.2, -0.15) is 5.26 Å². The number of carbonyl (C=O) groups is 1. The molecule has 0 spiro atoms. The summed E-state index contributed by atoms with van der Waals surface area (Å²) in [5, 5.41) is 13.1. The lowest BCUT2D eigenvalue weighted by Gasteiger charge is -2.38. The molecule has 0 aliphatic carbocycles. The molecule has 1 aliphatic rings. The number of benzene rings is 2. The Kier molecular flexibility index (Phi) is 6.26. The van der Waals surface area contributed by atoms with E-state index in [-0.39, 0.29) is 16.7 Å². The summed E-state index contributed by atoms with van der Waals surface area (Å²) in [7, 11) is 1.56. The highest BCUT2D eigenvalue weighted by atomic mass is 35.5. The maximum atomic E-state index is 12.5. The van der Waals surface area contributed by atoms with E-state index in [1.165, 1.54) is 0 Å². The zero-order chi connectivity index (χ0) is 21.1. The number of thiol groups is 1. The van der Waals surface area contributed by atoms with Crippen molar-refractivity contribution in [3.63, 3.8) is 0 Å². The molecule has 0 bridgehead atoms. The average molecular weight is 430 g/mol. The number of halogens is 1. The average Bonchev–Trinajstić information content (AvgIpc) is 2.69. The molecule has 1 amide bonds. The van der Waals surface area contributed by atoms with Gasteiger partial charge >= 0.3 is 0 Å². The number of methoxy groups -OCH3 is 1. The molecule has 2 aromatic rings. The predicted octanol–water partition coefficient (Wildman–Crippen LogP) is 4.44. The summed E-state index contributed by atoms with van der Waals surface area (Å²) in [5.74, 6) is 0.650. The van der Waals surface area contributed by atoms with E-state index in [9.17, 15) is 10.1 Å². The van der Waals surface area contributed by atoms with Gasteiger partial charge in [-0.3, -0.25) is 4.79 Å². The Morgan fingerprint density at radius 2 is 1.90 bits per heavy atom. The van der Waals surface area contributed by atoms with Gasteiger partial charge in [0.05, 0.1) is 18.2 Å². The molecule has 0 unspecified atom stereocenters. The predicted molar refractivity (Wildman–Crippen MR) is 115 cm³/mol. The molecule has 29 heavy (non-hydrogen) atoms. The van der Waals surface area contributed by atoms with Crippen LogP contribution in [0.1, 0.15) is 25.6 Å². The highest BCUT2D eigenvalue weighted by Crippen LogP contribution is 2.39.